The van der Waals surface area contributed by atoms with Gasteiger partial charge in [0.1, 0.15) is 5.75 Å². The van der Waals surface area contributed by atoms with Crippen LogP contribution in [0.15, 0.2) is 18.2 Å². The first-order chi connectivity index (χ1) is 8.27. The molecule has 0 spiro atoms. The lowest BCUT2D eigenvalue weighted by Gasteiger charge is -2.08. The van der Waals surface area contributed by atoms with E-state index in [9.17, 15) is 5.11 Å². The Bertz CT molecular complexity index is 331. The van der Waals surface area contributed by atoms with Crippen molar-refractivity contribution in [3.63, 3.8) is 0 Å². The third kappa shape index (κ3) is 5.41. The minimum absolute atomic E-state index is 0.132. The van der Waals surface area contributed by atoms with Crippen molar-refractivity contribution in [2.75, 3.05) is 17.2 Å². The van der Waals surface area contributed by atoms with E-state index in [1.807, 2.05) is 6.07 Å². The highest BCUT2D eigenvalue weighted by Gasteiger charge is 2.00. The molecule has 0 atom stereocenters. The van der Waals surface area contributed by atoms with Crippen LogP contribution in [0.5, 0.6) is 5.75 Å². The van der Waals surface area contributed by atoms with Crippen molar-refractivity contribution >= 4 is 21.6 Å². The SMILES string of the molecule is OCc1cc(NCCCCCCBr)ccc1O. The quantitative estimate of drug-likeness (QED) is 0.392. The molecule has 0 radical (unpaired) electrons. The molecule has 4 heteroatoms. The Morgan fingerprint density at radius 1 is 1.12 bits per heavy atom. The molecule has 1 aromatic rings. The summed E-state index contributed by atoms with van der Waals surface area (Å²) in [6.07, 6.45) is 4.85. The van der Waals surface area contributed by atoms with Gasteiger partial charge in [0.2, 0.25) is 0 Å². The normalized spacial score (nSPS) is 10.5. The molecule has 1 aromatic carbocycles. The van der Waals surface area contributed by atoms with E-state index in [-0.39, 0.29) is 12.4 Å². The van der Waals surface area contributed by atoms with E-state index in [1.54, 1.807) is 12.1 Å². The number of aliphatic hydroxyl groups excluding tert-OH is 1. The van der Waals surface area contributed by atoms with Gasteiger partial charge in [-0.25, -0.2) is 0 Å². The maximum Gasteiger partial charge on any atom is 0.121 e. The Morgan fingerprint density at radius 3 is 2.59 bits per heavy atom. The minimum Gasteiger partial charge on any atom is -0.508 e. The third-order valence-electron chi connectivity index (χ3n) is 2.64. The van der Waals surface area contributed by atoms with Crippen LogP contribution in [-0.2, 0) is 6.61 Å². The van der Waals surface area contributed by atoms with Crippen LogP contribution in [-0.4, -0.2) is 22.1 Å². The monoisotopic (exact) mass is 301 g/mol. The fraction of sp³-hybridized carbons (Fsp3) is 0.538. The smallest absolute Gasteiger partial charge is 0.121 e. The fourth-order valence-electron chi connectivity index (χ4n) is 1.63. The van der Waals surface area contributed by atoms with Crippen molar-refractivity contribution in [3.8, 4) is 5.75 Å². The van der Waals surface area contributed by atoms with Gasteiger partial charge in [0.05, 0.1) is 6.61 Å². The molecule has 0 aliphatic rings. The van der Waals surface area contributed by atoms with Gasteiger partial charge in [-0.1, -0.05) is 28.8 Å². The van der Waals surface area contributed by atoms with E-state index in [1.165, 1.54) is 19.3 Å². The molecule has 0 fully saturated rings. The summed E-state index contributed by atoms with van der Waals surface area (Å²) in [5.74, 6) is 0.148. The molecule has 3 N–H and O–H groups in total. The van der Waals surface area contributed by atoms with Crippen molar-refractivity contribution in [2.24, 2.45) is 0 Å². The Hall–Kier alpha value is -0.740. The number of anilines is 1. The summed E-state index contributed by atoms with van der Waals surface area (Å²) in [5.41, 5.74) is 1.52. The van der Waals surface area contributed by atoms with Crippen molar-refractivity contribution in [1.29, 1.82) is 0 Å². The second kappa shape index (κ2) is 8.37. The molecule has 0 saturated heterocycles. The maximum atomic E-state index is 9.41. The number of unbranched alkanes of at least 4 members (excludes halogenated alkanes) is 3. The van der Waals surface area contributed by atoms with Crippen LogP contribution in [0.25, 0.3) is 0 Å². The molecule has 0 aromatic heterocycles. The Labute approximate surface area is 111 Å². The molecule has 0 saturated carbocycles. The van der Waals surface area contributed by atoms with Gasteiger partial charge < -0.3 is 15.5 Å². The van der Waals surface area contributed by atoms with Gasteiger partial charge in [0.25, 0.3) is 0 Å². The standard InChI is InChI=1S/C13H20BrNO2/c14-7-3-1-2-4-8-15-12-5-6-13(17)11(9-12)10-16/h5-6,9,15-17H,1-4,7-8,10H2. The molecular weight excluding hydrogens is 282 g/mol. The minimum atomic E-state index is -0.132. The number of aromatic hydroxyl groups is 1. The average Bonchev–Trinajstić information content (AvgIpc) is 2.35. The number of hydrogen-bond donors (Lipinski definition) is 3. The van der Waals surface area contributed by atoms with Crippen molar-refractivity contribution in [2.45, 2.75) is 32.3 Å². The summed E-state index contributed by atoms with van der Waals surface area (Å²) in [7, 11) is 0. The van der Waals surface area contributed by atoms with E-state index < -0.39 is 0 Å². The predicted molar refractivity (Wildman–Crippen MR) is 74.8 cm³/mol. The van der Waals surface area contributed by atoms with E-state index >= 15 is 0 Å². The lowest BCUT2D eigenvalue weighted by Crippen LogP contribution is -2.02. The first-order valence-corrected chi connectivity index (χ1v) is 7.12. The zero-order valence-electron chi connectivity index (χ0n) is 9.95. The highest BCUT2D eigenvalue weighted by atomic mass is 79.9. The summed E-state index contributed by atoms with van der Waals surface area (Å²) in [6, 6.07) is 5.22. The van der Waals surface area contributed by atoms with Gasteiger partial charge in [-0.2, -0.15) is 0 Å². The van der Waals surface area contributed by atoms with Gasteiger partial charge in [-0.05, 0) is 31.0 Å². The average molecular weight is 302 g/mol. The highest BCUT2D eigenvalue weighted by Crippen LogP contribution is 2.21. The number of halogens is 1. The van der Waals surface area contributed by atoms with Crippen LogP contribution in [0, 0.1) is 0 Å². The van der Waals surface area contributed by atoms with Crippen molar-refractivity contribution < 1.29 is 10.2 Å². The molecule has 0 unspecified atom stereocenters. The number of nitrogens with one attached hydrogen (secondary N) is 1. The molecule has 0 heterocycles. The van der Waals surface area contributed by atoms with Crippen molar-refractivity contribution in [3.05, 3.63) is 23.8 Å². The Kier molecular flexibility index (Phi) is 7.05. The van der Waals surface area contributed by atoms with Crippen LogP contribution in [0.2, 0.25) is 0 Å². The number of hydrogen-bond acceptors (Lipinski definition) is 3. The molecule has 0 aliphatic heterocycles. The lowest BCUT2D eigenvalue weighted by molar-refractivity contribution is 0.275. The van der Waals surface area contributed by atoms with Crippen LogP contribution in [0.3, 0.4) is 0 Å². The summed E-state index contributed by atoms with van der Waals surface area (Å²) >= 11 is 3.41. The summed E-state index contributed by atoms with van der Waals surface area (Å²) in [4.78, 5) is 0. The second-order valence-corrected chi connectivity index (χ2v) is 4.82. The highest BCUT2D eigenvalue weighted by molar-refractivity contribution is 9.09. The van der Waals surface area contributed by atoms with Crippen LogP contribution >= 0.6 is 15.9 Å². The van der Waals surface area contributed by atoms with Gasteiger partial charge in [0, 0.05) is 23.1 Å². The summed E-state index contributed by atoms with van der Waals surface area (Å²) in [6.45, 7) is 0.796. The first-order valence-electron chi connectivity index (χ1n) is 6.00. The molecule has 1 rings (SSSR count). The number of phenols is 1. The van der Waals surface area contributed by atoms with Crippen LogP contribution < -0.4 is 5.32 Å². The van der Waals surface area contributed by atoms with Crippen LogP contribution in [0.4, 0.5) is 5.69 Å². The number of rotatable bonds is 8. The number of alkyl halides is 1. The second-order valence-electron chi connectivity index (χ2n) is 4.03. The molecule has 3 nitrogen and oxygen atoms in total. The van der Waals surface area contributed by atoms with E-state index in [2.05, 4.69) is 21.2 Å². The van der Waals surface area contributed by atoms with E-state index in [4.69, 9.17) is 5.11 Å². The largest absolute Gasteiger partial charge is 0.508 e. The molecule has 96 valence electrons. The summed E-state index contributed by atoms with van der Waals surface area (Å²) < 4.78 is 0. The van der Waals surface area contributed by atoms with E-state index in [0.717, 1.165) is 24.0 Å². The zero-order chi connectivity index (χ0) is 12.5. The van der Waals surface area contributed by atoms with Gasteiger partial charge >= 0.3 is 0 Å². The van der Waals surface area contributed by atoms with Gasteiger partial charge in [-0.3, -0.25) is 0 Å². The number of aliphatic hydroxyl groups is 1. The molecular formula is C13H20BrNO2. The molecule has 0 amide bonds. The molecule has 17 heavy (non-hydrogen) atoms. The Balaban J connectivity index is 2.27. The van der Waals surface area contributed by atoms with Gasteiger partial charge in [0.15, 0.2) is 0 Å². The Morgan fingerprint density at radius 2 is 1.88 bits per heavy atom. The maximum absolute atomic E-state index is 9.41. The lowest BCUT2D eigenvalue weighted by atomic mass is 10.1. The summed E-state index contributed by atoms with van der Waals surface area (Å²) in [5, 5.41) is 22.8. The van der Waals surface area contributed by atoms with Gasteiger partial charge in [-0.15, -0.1) is 0 Å². The van der Waals surface area contributed by atoms with Crippen molar-refractivity contribution in [1.82, 2.24) is 0 Å². The van der Waals surface area contributed by atoms with Crippen LogP contribution in [0.1, 0.15) is 31.2 Å². The predicted octanol–water partition coefficient (Wildman–Crippen LogP) is 3.25. The molecule has 0 aliphatic carbocycles. The first kappa shape index (κ1) is 14.3. The third-order valence-corrected chi connectivity index (χ3v) is 3.20. The number of benzene rings is 1. The fourth-order valence-corrected chi connectivity index (χ4v) is 2.02. The zero-order valence-corrected chi connectivity index (χ0v) is 11.5. The molecule has 0 bridgehead atoms. The topological polar surface area (TPSA) is 52.5 Å². The van der Waals surface area contributed by atoms with E-state index in [0.29, 0.717) is 5.56 Å².